The number of hydrogen-bond acceptors (Lipinski definition) is 4. The summed E-state index contributed by atoms with van der Waals surface area (Å²) in [4.78, 5) is 10.7. The van der Waals surface area contributed by atoms with Crippen molar-refractivity contribution in [1.82, 2.24) is 9.97 Å². The maximum atomic E-state index is 5.27. The summed E-state index contributed by atoms with van der Waals surface area (Å²) in [5.74, 6) is 1.85. The molecule has 92 valence electrons. The van der Waals surface area contributed by atoms with Crippen molar-refractivity contribution in [1.29, 1.82) is 0 Å². The first-order valence-electron chi connectivity index (χ1n) is 6.03. The third-order valence-electron chi connectivity index (χ3n) is 3.30. The fraction of sp³-hybridized carbons (Fsp3) is 0.286. The first kappa shape index (κ1) is 11.0. The summed E-state index contributed by atoms with van der Waals surface area (Å²) in [7, 11) is 1.70. The fourth-order valence-electron chi connectivity index (χ4n) is 2.31. The SMILES string of the molecule is COc1ccc2c(c1)CN(c1cnccn1)CC2. The van der Waals surface area contributed by atoms with Gasteiger partial charge in [0, 0.05) is 25.5 Å². The van der Waals surface area contributed by atoms with Crippen LogP contribution >= 0.6 is 0 Å². The maximum absolute atomic E-state index is 5.27. The van der Waals surface area contributed by atoms with E-state index >= 15 is 0 Å². The molecule has 0 saturated heterocycles. The lowest BCUT2D eigenvalue weighted by Crippen LogP contribution is -2.31. The lowest BCUT2D eigenvalue weighted by atomic mass is 9.99. The monoisotopic (exact) mass is 241 g/mol. The van der Waals surface area contributed by atoms with Gasteiger partial charge in [0.1, 0.15) is 11.6 Å². The van der Waals surface area contributed by atoms with Gasteiger partial charge in [-0.25, -0.2) is 4.98 Å². The lowest BCUT2D eigenvalue weighted by Gasteiger charge is -2.29. The summed E-state index contributed by atoms with van der Waals surface area (Å²) in [6.45, 7) is 1.85. The molecule has 1 aliphatic heterocycles. The highest BCUT2D eigenvalue weighted by Gasteiger charge is 2.17. The van der Waals surface area contributed by atoms with Crippen molar-refractivity contribution in [2.45, 2.75) is 13.0 Å². The number of methoxy groups -OCH3 is 1. The Morgan fingerprint density at radius 3 is 2.94 bits per heavy atom. The summed E-state index contributed by atoms with van der Waals surface area (Å²) in [6, 6.07) is 6.29. The molecule has 0 atom stereocenters. The van der Waals surface area contributed by atoms with Crippen molar-refractivity contribution in [2.75, 3.05) is 18.6 Å². The van der Waals surface area contributed by atoms with Crippen LogP contribution in [-0.2, 0) is 13.0 Å². The highest BCUT2D eigenvalue weighted by atomic mass is 16.5. The molecule has 1 aromatic carbocycles. The van der Waals surface area contributed by atoms with Gasteiger partial charge in [0.2, 0.25) is 0 Å². The standard InChI is InChI=1S/C14H15N3O/c1-18-13-3-2-11-4-7-17(10-12(11)8-13)14-9-15-5-6-16-14/h2-3,5-6,8-9H,4,7,10H2,1H3. The Morgan fingerprint density at radius 2 is 2.17 bits per heavy atom. The number of nitrogens with zero attached hydrogens (tertiary/aromatic N) is 3. The fourth-order valence-corrected chi connectivity index (χ4v) is 2.31. The van der Waals surface area contributed by atoms with Crippen molar-refractivity contribution >= 4 is 5.82 Å². The van der Waals surface area contributed by atoms with Crippen LogP contribution in [0.2, 0.25) is 0 Å². The molecule has 0 amide bonds. The molecule has 0 radical (unpaired) electrons. The van der Waals surface area contributed by atoms with Crippen LogP contribution in [0.3, 0.4) is 0 Å². The molecule has 0 fully saturated rings. The Kier molecular flexibility index (Phi) is 2.84. The summed E-state index contributed by atoms with van der Waals surface area (Å²) < 4.78 is 5.27. The van der Waals surface area contributed by atoms with Gasteiger partial charge in [-0.1, -0.05) is 6.07 Å². The minimum absolute atomic E-state index is 0.866. The molecule has 0 saturated carbocycles. The molecule has 4 heteroatoms. The predicted octanol–water partition coefficient (Wildman–Crippen LogP) is 2.05. The van der Waals surface area contributed by atoms with Gasteiger partial charge in [0.15, 0.2) is 0 Å². The number of rotatable bonds is 2. The summed E-state index contributed by atoms with van der Waals surface area (Å²) in [5, 5.41) is 0. The molecule has 0 N–H and O–H groups in total. The van der Waals surface area contributed by atoms with E-state index in [1.807, 2.05) is 12.3 Å². The zero-order valence-corrected chi connectivity index (χ0v) is 10.3. The van der Waals surface area contributed by atoms with Crippen molar-refractivity contribution < 1.29 is 4.74 Å². The molecule has 2 aromatic rings. The zero-order valence-electron chi connectivity index (χ0n) is 10.3. The number of hydrogen-bond donors (Lipinski definition) is 0. The molecular formula is C14H15N3O. The van der Waals surface area contributed by atoms with Crippen LogP contribution in [0, 0.1) is 0 Å². The molecule has 4 nitrogen and oxygen atoms in total. The zero-order chi connectivity index (χ0) is 12.4. The number of aromatic nitrogens is 2. The van der Waals surface area contributed by atoms with Gasteiger partial charge in [0.05, 0.1) is 13.3 Å². The Bertz CT molecular complexity index is 542. The van der Waals surface area contributed by atoms with Gasteiger partial charge in [-0.15, -0.1) is 0 Å². The normalized spacial score (nSPS) is 14.2. The molecule has 0 bridgehead atoms. The Morgan fingerprint density at radius 1 is 1.22 bits per heavy atom. The van der Waals surface area contributed by atoms with Crippen LogP contribution in [0.15, 0.2) is 36.8 Å². The predicted molar refractivity (Wildman–Crippen MR) is 69.8 cm³/mol. The van der Waals surface area contributed by atoms with E-state index in [1.165, 1.54) is 11.1 Å². The third-order valence-corrected chi connectivity index (χ3v) is 3.30. The average Bonchev–Trinajstić information content (AvgIpc) is 2.47. The Labute approximate surface area is 106 Å². The third kappa shape index (κ3) is 2.01. The van der Waals surface area contributed by atoms with Crippen molar-refractivity contribution in [3.05, 3.63) is 47.9 Å². The molecule has 2 heterocycles. The van der Waals surface area contributed by atoms with E-state index in [1.54, 1.807) is 19.5 Å². The number of benzene rings is 1. The maximum Gasteiger partial charge on any atom is 0.147 e. The molecule has 1 aliphatic rings. The van der Waals surface area contributed by atoms with Gasteiger partial charge in [-0.05, 0) is 29.7 Å². The van der Waals surface area contributed by atoms with E-state index in [-0.39, 0.29) is 0 Å². The van der Waals surface area contributed by atoms with Gasteiger partial charge < -0.3 is 9.64 Å². The van der Waals surface area contributed by atoms with E-state index in [4.69, 9.17) is 4.74 Å². The van der Waals surface area contributed by atoms with E-state index in [2.05, 4.69) is 27.0 Å². The van der Waals surface area contributed by atoms with Crippen LogP contribution in [0.25, 0.3) is 0 Å². The lowest BCUT2D eigenvalue weighted by molar-refractivity contribution is 0.413. The summed E-state index contributed by atoms with van der Waals surface area (Å²) in [6.07, 6.45) is 6.28. The molecule has 0 unspecified atom stereocenters. The Hall–Kier alpha value is -2.10. The van der Waals surface area contributed by atoms with Crippen LogP contribution < -0.4 is 9.64 Å². The highest BCUT2D eigenvalue weighted by Crippen LogP contribution is 2.25. The van der Waals surface area contributed by atoms with Crippen molar-refractivity contribution in [3.63, 3.8) is 0 Å². The first-order valence-corrected chi connectivity index (χ1v) is 6.03. The van der Waals surface area contributed by atoms with Crippen LogP contribution in [0.4, 0.5) is 5.82 Å². The second-order valence-corrected chi connectivity index (χ2v) is 4.37. The quantitative estimate of drug-likeness (QED) is 0.806. The topological polar surface area (TPSA) is 38.2 Å². The van der Waals surface area contributed by atoms with Crippen LogP contribution in [-0.4, -0.2) is 23.6 Å². The van der Waals surface area contributed by atoms with Gasteiger partial charge in [-0.2, -0.15) is 0 Å². The van der Waals surface area contributed by atoms with E-state index in [0.717, 1.165) is 31.1 Å². The van der Waals surface area contributed by atoms with E-state index in [9.17, 15) is 0 Å². The molecule has 0 aliphatic carbocycles. The molecule has 1 aromatic heterocycles. The second-order valence-electron chi connectivity index (χ2n) is 4.37. The van der Waals surface area contributed by atoms with Gasteiger partial charge >= 0.3 is 0 Å². The largest absolute Gasteiger partial charge is 0.497 e. The van der Waals surface area contributed by atoms with Crippen LogP contribution in [0.1, 0.15) is 11.1 Å². The first-order chi connectivity index (χ1) is 8.86. The second kappa shape index (κ2) is 4.64. The number of fused-ring (bicyclic) bond motifs is 1. The average molecular weight is 241 g/mol. The number of anilines is 1. The molecular weight excluding hydrogens is 226 g/mol. The highest BCUT2D eigenvalue weighted by molar-refractivity contribution is 5.45. The summed E-state index contributed by atoms with van der Waals surface area (Å²) >= 11 is 0. The van der Waals surface area contributed by atoms with Crippen molar-refractivity contribution in [2.24, 2.45) is 0 Å². The summed E-state index contributed by atoms with van der Waals surface area (Å²) in [5.41, 5.74) is 2.71. The minimum atomic E-state index is 0.866. The minimum Gasteiger partial charge on any atom is -0.497 e. The van der Waals surface area contributed by atoms with Gasteiger partial charge in [-0.3, -0.25) is 4.98 Å². The Balaban J connectivity index is 1.88. The van der Waals surface area contributed by atoms with E-state index in [0.29, 0.717) is 0 Å². The molecule has 18 heavy (non-hydrogen) atoms. The van der Waals surface area contributed by atoms with Gasteiger partial charge in [0.25, 0.3) is 0 Å². The molecule has 0 spiro atoms. The smallest absolute Gasteiger partial charge is 0.147 e. The van der Waals surface area contributed by atoms with Crippen LogP contribution in [0.5, 0.6) is 5.75 Å². The van der Waals surface area contributed by atoms with Crippen molar-refractivity contribution in [3.8, 4) is 5.75 Å². The van der Waals surface area contributed by atoms with E-state index < -0.39 is 0 Å². The number of ether oxygens (including phenoxy) is 1. The molecule has 3 rings (SSSR count).